The summed E-state index contributed by atoms with van der Waals surface area (Å²) in [6.45, 7) is 0.678. The zero-order valence-electron chi connectivity index (χ0n) is 18.9. The van der Waals surface area contributed by atoms with Crippen molar-refractivity contribution < 1.29 is 18.3 Å². The Morgan fingerprint density at radius 1 is 1.19 bits per heavy atom. The van der Waals surface area contributed by atoms with Gasteiger partial charge in [-0.05, 0) is 24.3 Å². The molecule has 1 atom stereocenters. The van der Waals surface area contributed by atoms with Crippen molar-refractivity contribution in [3.05, 3.63) is 70.6 Å². The number of ether oxygens (including phenoxy) is 2. The second-order valence-electron chi connectivity index (χ2n) is 8.36. The van der Waals surface area contributed by atoms with E-state index in [-0.39, 0.29) is 40.1 Å². The van der Waals surface area contributed by atoms with Gasteiger partial charge in [-0.1, -0.05) is 18.2 Å². The van der Waals surface area contributed by atoms with Crippen LogP contribution in [0.5, 0.6) is 11.5 Å². The van der Waals surface area contributed by atoms with Gasteiger partial charge in [-0.25, -0.2) is 13.8 Å². The van der Waals surface area contributed by atoms with E-state index in [0.717, 1.165) is 10.6 Å². The summed E-state index contributed by atoms with van der Waals surface area (Å²) < 4.78 is 41.7. The Hall–Kier alpha value is -4.74. The number of nitrogens with zero attached hydrogens (tertiary/aromatic N) is 5. The zero-order valence-corrected chi connectivity index (χ0v) is 18.9. The maximum absolute atomic E-state index is 14.8. The van der Waals surface area contributed by atoms with Crippen LogP contribution in [0.25, 0.3) is 27.6 Å². The van der Waals surface area contributed by atoms with Crippen LogP contribution in [0.2, 0.25) is 0 Å². The lowest BCUT2D eigenvalue weighted by molar-refractivity contribution is 0.0958. The molecule has 1 aliphatic rings. The fourth-order valence-corrected chi connectivity index (χ4v) is 4.29. The molecule has 0 bridgehead atoms. The van der Waals surface area contributed by atoms with Gasteiger partial charge in [0.05, 0.1) is 17.6 Å². The van der Waals surface area contributed by atoms with Crippen molar-refractivity contribution in [2.45, 2.75) is 6.10 Å². The third-order valence-electron chi connectivity index (χ3n) is 5.99. The Bertz CT molecular complexity index is 1700. The summed E-state index contributed by atoms with van der Waals surface area (Å²) in [6.07, 6.45) is 1.15. The number of hydrogen-bond acceptors (Lipinski definition) is 8. The van der Waals surface area contributed by atoms with E-state index in [1.807, 2.05) is 24.3 Å². The number of hydrogen-bond donors (Lipinski definition) is 2. The molecule has 4 heterocycles. The smallest absolute Gasteiger partial charge is 0.270 e. The second-order valence-corrected chi connectivity index (χ2v) is 8.36. The first-order valence-corrected chi connectivity index (χ1v) is 11.0. The molecule has 1 aliphatic heterocycles. The number of halogens is 2. The molecule has 0 unspecified atom stereocenters. The first kappa shape index (κ1) is 21.8. The third-order valence-corrected chi connectivity index (χ3v) is 5.99. The Morgan fingerprint density at radius 2 is 2.00 bits per heavy atom. The van der Waals surface area contributed by atoms with Crippen molar-refractivity contribution in [2.75, 3.05) is 30.8 Å². The summed E-state index contributed by atoms with van der Waals surface area (Å²) in [7, 11) is 1.75. The Labute approximate surface area is 201 Å². The lowest BCUT2D eigenvalue weighted by Gasteiger charge is -2.29. The summed E-state index contributed by atoms with van der Waals surface area (Å²) in [5, 5.41) is 7.04. The summed E-state index contributed by atoms with van der Waals surface area (Å²) in [5.41, 5.74) is 5.21. The van der Waals surface area contributed by atoms with E-state index in [9.17, 15) is 13.6 Å². The van der Waals surface area contributed by atoms with Gasteiger partial charge in [0.25, 0.3) is 5.56 Å². The van der Waals surface area contributed by atoms with E-state index in [0.29, 0.717) is 30.0 Å². The van der Waals surface area contributed by atoms with E-state index in [4.69, 9.17) is 15.2 Å². The van der Waals surface area contributed by atoms with Gasteiger partial charge in [0.2, 0.25) is 5.95 Å². The van der Waals surface area contributed by atoms with Crippen LogP contribution in [0.4, 0.5) is 20.5 Å². The van der Waals surface area contributed by atoms with E-state index in [1.165, 1.54) is 18.3 Å². The molecule has 182 valence electrons. The van der Waals surface area contributed by atoms with Crippen molar-refractivity contribution in [1.82, 2.24) is 24.7 Å². The summed E-state index contributed by atoms with van der Waals surface area (Å²) in [4.78, 5) is 24.1. The largest absolute Gasteiger partial charge is 0.486 e. The summed E-state index contributed by atoms with van der Waals surface area (Å²) >= 11 is 0. The van der Waals surface area contributed by atoms with Gasteiger partial charge in [-0.3, -0.25) is 14.5 Å². The molecule has 0 saturated heterocycles. The van der Waals surface area contributed by atoms with Crippen LogP contribution in [0, 0.1) is 11.6 Å². The number of para-hydroxylation sites is 2. The number of likely N-dealkylation sites (N-methyl/N-ethyl adjacent to an activating group) is 1. The molecule has 5 aromatic rings. The Balaban J connectivity index is 1.46. The van der Waals surface area contributed by atoms with Crippen LogP contribution >= 0.6 is 0 Å². The first-order chi connectivity index (χ1) is 17.4. The summed E-state index contributed by atoms with van der Waals surface area (Å²) in [6, 6.07) is 10.9. The van der Waals surface area contributed by atoms with Crippen LogP contribution in [-0.2, 0) is 0 Å². The number of rotatable bonds is 4. The molecule has 0 radical (unpaired) electrons. The van der Waals surface area contributed by atoms with Crippen LogP contribution in [0.3, 0.4) is 0 Å². The molecule has 0 fully saturated rings. The van der Waals surface area contributed by atoms with Crippen LogP contribution in [0.15, 0.2) is 53.5 Å². The maximum atomic E-state index is 14.8. The lowest BCUT2D eigenvalue weighted by atomic mass is 10.2. The quantitative estimate of drug-likeness (QED) is 0.393. The van der Waals surface area contributed by atoms with E-state index in [1.54, 1.807) is 11.9 Å². The second kappa shape index (κ2) is 8.18. The molecule has 0 amide bonds. The molecular weight excluding hydrogens is 472 g/mol. The van der Waals surface area contributed by atoms with Gasteiger partial charge < -0.3 is 20.1 Å². The monoisotopic (exact) mass is 491 g/mol. The van der Waals surface area contributed by atoms with Crippen molar-refractivity contribution >= 4 is 33.7 Å². The van der Waals surface area contributed by atoms with Crippen LogP contribution in [0.1, 0.15) is 0 Å². The number of aromatic amines is 1. The van der Waals surface area contributed by atoms with Crippen molar-refractivity contribution in [3.8, 4) is 17.2 Å². The van der Waals surface area contributed by atoms with Crippen molar-refractivity contribution in [3.63, 3.8) is 0 Å². The van der Waals surface area contributed by atoms with Gasteiger partial charge in [-0.15, -0.1) is 0 Å². The Morgan fingerprint density at radius 3 is 2.83 bits per heavy atom. The number of pyridine rings is 1. The number of fused-ring (bicyclic) bond motifs is 4. The molecule has 2 aromatic carbocycles. The van der Waals surface area contributed by atoms with Crippen LogP contribution < -0.4 is 25.7 Å². The fraction of sp³-hybridized carbons (Fsp3) is 0.167. The summed E-state index contributed by atoms with van der Waals surface area (Å²) in [5.74, 6) is -0.760. The van der Waals surface area contributed by atoms with Crippen LogP contribution in [-0.4, -0.2) is 51.0 Å². The fourth-order valence-electron chi connectivity index (χ4n) is 4.29. The number of nitrogen functional groups attached to an aromatic ring is 1. The van der Waals surface area contributed by atoms with E-state index in [2.05, 4.69) is 20.2 Å². The highest BCUT2D eigenvalue weighted by Gasteiger charge is 2.25. The van der Waals surface area contributed by atoms with Gasteiger partial charge in [0.1, 0.15) is 23.3 Å². The van der Waals surface area contributed by atoms with Crippen molar-refractivity contribution in [1.29, 1.82) is 0 Å². The zero-order chi connectivity index (χ0) is 25.0. The minimum Gasteiger partial charge on any atom is -0.486 e. The molecule has 0 spiro atoms. The molecule has 0 aliphatic carbocycles. The first-order valence-electron chi connectivity index (χ1n) is 11.0. The Kier molecular flexibility index (Phi) is 4.95. The van der Waals surface area contributed by atoms with Crippen molar-refractivity contribution in [2.24, 2.45) is 0 Å². The standard InChI is InChI=1S/C24H19F2N7O3/c1-32(10-12-11-35-16-7-2-3-8-17(16)36-12)24-28-9-13-20-18(21(27)31-30-20)23(34)33(22(13)29-24)15-6-4-5-14(25)19(15)26/h2-9,12H,10-11H2,1H3,(H3,27,30,31)/t12-/m0/s1. The molecule has 10 nitrogen and oxygen atoms in total. The molecule has 36 heavy (non-hydrogen) atoms. The molecule has 0 saturated carbocycles. The third kappa shape index (κ3) is 3.37. The highest BCUT2D eigenvalue weighted by atomic mass is 19.2. The number of aromatic nitrogens is 5. The number of nitrogens with two attached hydrogens (primary N) is 1. The lowest BCUT2D eigenvalue weighted by Crippen LogP contribution is -2.40. The van der Waals surface area contributed by atoms with Gasteiger partial charge in [-0.2, -0.15) is 10.1 Å². The number of anilines is 2. The molecule has 6 rings (SSSR count). The van der Waals surface area contributed by atoms with Gasteiger partial charge in [0, 0.05) is 13.2 Å². The average molecular weight is 491 g/mol. The SMILES string of the molecule is CN(C[C@H]1COc2ccccc2O1)c1ncc2c3n[nH]c(N)c3c(=O)n(-c3cccc(F)c3F)c2n1. The molecule has 3 N–H and O–H groups in total. The molecule has 3 aromatic heterocycles. The van der Waals surface area contributed by atoms with Gasteiger partial charge in [0.15, 0.2) is 34.9 Å². The minimum atomic E-state index is -1.19. The predicted octanol–water partition coefficient (Wildman–Crippen LogP) is 2.79. The highest BCUT2D eigenvalue weighted by molar-refractivity contribution is 6.05. The number of H-pyrrole nitrogens is 1. The molecular formula is C24H19F2N7O3. The highest BCUT2D eigenvalue weighted by Crippen LogP contribution is 2.31. The normalized spacial score (nSPS) is 14.9. The number of benzene rings is 2. The van der Waals surface area contributed by atoms with Gasteiger partial charge >= 0.3 is 0 Å². The molecule has 12 heteroatoms. The predicted molar refractivity (Wildman–Crippen MR) is 129 cm³/mol. The minimum absolute atomic E-state index is 0.00150. The maximum Gasteiger partial charge on any atom is 0.270 e. The van der Waals surface area contributed by atoms with E-state index < -0.39 is 17.2 Å². The van der Waals surface area contributed by atoms with E-state index >= 15 is 0 Å². The number of nitrogens with one attached hydrogen (secondary N) is 1. The topological polar surface area (TPSA) is 124 Å². The average Bonchev–Trinajstić information content (AvgIpc) is 3.28.